The van der Waals surface area contributed by atoms with E-state index in [2.05, 4.69) is 47.2 Å². The number of halogens is 1. The Morgan fingerprint density at radius 2 is 2.00 bits per heavy atom. The van der Waals surface area contributed by atoms with Crippen LogP contribution in [0.5, 0.6) is 5.75 Å². The van der Waals surface area contributed by atoms with Gasteiger partial charge < -0.3 is 10.1 Å². The Balaban J connectivity index is 1.95. The molecule has 2 aromatic rings. The molecule has 0 bridgehead atoms. The average molecular weight is 340 g/mol. The van der Waals surface area contributed by atoms with Gasteiger partial charge in [0.2, 0.25) is 0 Å². The van der Waals surface area contributed by atoms with E-state index in [1.807, 2.05) is 23.5 Å². The molecule has 0 radical (unpaired) electrons. The number of hydrogen-bond donors (Lipinski definition) is 1. The van der Waals surface area contributed by atoms with Crippen LogP contribution in [0.4, 0.5) is 0 Å². The summed E-state index contributed by atoms with van der Waals surface area (Å²) in [7, 11) is 1.69. The highest BCUT2D eigenvalue weighted by Gasteiger charge is 2.04. The lowest BCUT2D eigenvalue weighted by Crippen LogP contribution is -2.12. The number of thiophene rings is 1. The summed E-state index contributed by atoms with van der Waals surface area (Å²) >= 11 is 5.43. The zero-order chi connectivity index (χ0) is 13.8. The predicted octanol–water partition coefficient (Wildman–Crippen LogP) is 4.43. The molecule has 0 saturated carbocycles. The first-order valence-electron chi connectivity index (χ1n) is 6.19. The Hall–Kier alpha value is -0.840. The normalized spacial score (nSPS) is 10.7. The van der Waals surface area contributed by atoms with E-state index >= 15 is 0 Å². The van der Waals surface area contributed by atoms with Gasteiger partial charge in [0.25, 0.3) is 0 Å². The lowest BCUT2D eigenvalue weighted by molar-refractivity contribution is 0.414. The van der Waals surface area contributed by atoms with Crippen molar-refractivity contribution in [2.45, 2.75) is 26.9 Å². The van der Waals surface area contributed by atoms with Gasteiger partial charge in [0, 0.05) is 27.3 Å². The van der Waals surface area contributed by atoms with E-state index in [-0.39, 0.29) is 0 Å². The van der Waals surface area contributed by atoms with Crippen molar-refractivity contribution in [2.24, 2.45) is 0 Å². The van der Waals surface area contributed by atoms with Crippen LogP contribution in [0.3, 0.4) is 0 Å². The molecule has 19 heavy (non-hydrogen) atoms. The second kappa shape index (κ2) is 6.55. The molecule has 0 atom stereocenters. The van der Waals surface area contributed by atoms with Gasteiger partial charge in [0.05, 0.1) is 7.11 Å². The van der Waals surface area contributed by atoms with Crippen LogP contribution in [0.2, 0.25) is 0 Å². The first kappa shape index (κ1) is 14.6. The molecule has 4 heteroatoms. The van der Waals surface area contributed by atoms with Crippen LogP contribution in [-0.2, 0) is 13.1 Å². The smallest absolute Gasteiger partial charge is 0.119 e. The van der Waals surface area contributed by atoms with Crippen molar-refractivity contribution in [2.75, 3.05) is 7.11 Å². The number of methoxy groups -OCH3 is 1. The van der Waals surface area contributed by atoms with Gasteiger partial charge in [-0.15, -0.1) is 11.3 Å². The van der Waals surface area contributed by atoms with Gasteiger partial charge in [-0.3, -0.25) is 0 Å². The molecule has 0 fully saturated rings. The molecule has 2 nitrogen and oxygen atoms in total. The van der Waals surface area contributed by atoms with E-state index in [4.69, 9.17) is 4.74 Å². The summed E-state index contributed by atoms with van der Waals surface area (Å²) < 4.78 is 6.36. The van der Waals surface area contributed by atoms with Gasteiger partial charge in [-0.05, 0) is 49.2 Å². The quantitative estimate of drug-likeness (QED) is 0.870. The maximum atomic E-state index is 5.25. The van der Waals surface area contributed by atoms with Crippen molar-refractivity contribution in [3.63, 3.8) is 0 Å². The maximum Gasteiger partial charge on any atom is 0.119 e. The highest BCUT2D eigenvalue weighted by molar-refractivity contribution is 9.10. The molecular formula is C15H18BrNOS. The zero-order valence-corrected chi connectivity index (χ0v) is 13.8. The van der Waals surface area contributed by atoms with Crippen molar-refractivity contribution in [1.29, 1.82) is 0 Å². The summed E-state index contributed by atoms with van der Waals surface area (Å²) in [6.45, 7) is 6.06. The molecule has 0 amide bonds. The monoisotopic (exact) mass is 339 g/mol. The van der Waals surface area contributed by atoms with Crippen molar-refractivity contribution < 1.29 is 4.74 Å². The van der Waals surface area contributed by atoms with Gasteiger partial charge in [0.15, 0.2) is 0 Å². The van der Waals surface area contributed by atoms with Crippen molar-refractivity contribution >= 4 is 27.3 Å². The lowest BCUT2D eigenvalue weighted by Gasteiger charge is -2.08. The van der Waals surface area contributed by atoms with Crippen molar-refractivity contribution in [3.05, 3.63) is 49.6 Å². The molecule has 1 aromatic carbocycles. The summed E-state index contributed by atoms with van der Waals surface area (Å²) in [6, 6.07) is 8.30. The number of ether oxygens (including phenoxy) is 1. The average Bonchev–Trinajstić information content (AvgIpc) is 2.71. The molecule has 102 valence electrons. The lowest BCUT2D eigenvalue weighted by atomic mass is 10.2. The van der Waals surface area contributed by atoms with Crippen molar-refractivity contribution in [3.8, 4) is 5.75 Å². The van der Waals surface area contributed by atoms with Crippen LogP contribution >= 0.6 is 27.3 Å². The fourth-order valence-electron chi connectivity index (χ4n) is 1.87. The van der Waals surface area contributed by atoms with Gasteiger partial charge in [0.1, 0.15) is 5.75 Å². The van der Waals surface area contributed by atoms with Crippen LogP contribution in [-0.4, -0.2) is 7.11 Å². The third-order valence-electron chi connectivity index (χ3n) is 3.08. The molecular weight excluding hydrogens is 322 g/mol. The Morgan fingerprint density at radius 1 is 1.21 bits per heavy atom. The SMILES string of the molecule is COc1ccc(Br)c(CNCc2cc(C)c(C)s2)c1. The third kappa shape index (κ3) is 3.81. The van der Waals surface area contributed by atoms with E-state index in [0.29, 0.717) is 0 Å². The third-order valence-corrected chi connectivity index (χ3v) is 5.01. The van der Waals surface area contributed by atoms with Gasteiger partial charge >= 0.3 is 0 Å². The number of hydrogen-bond acceptors (Lipinski definition) is 3. The molecule has 1 aromatic heterocycles. The zero-order valence-electron chi connectivity index (χ0n) is 11.4. The predicted molar refractivity (Wildman–Crippen MR) is 85.0 cm³/mol. The second-order valence-corrected chi connectivity index (χ2v) is 6.71. The standard InChI is InChI=1S/C15H18BrNOS/c1-10-6-14(19-11(10)2)9-17-8-12-7-13(18-3)4-5-15(12)16/h4-7,17H,8-9H2,1-3H3. The summed E-state index contributed by atoms with van der Waals surface area (Å²) in [5.74, 6) is 0.891. The Morgan fingerprint density at radius 3 is 2.63 bits per heavy atom. The van der Waals surface area contributed by atoms with Crippen LogP contribution in [0.1, 0.15) is 20.9 Å². The topological polar surface area (TPSA) is 21.3 Å². The van der Waals surface area contributed by atoms with Crippen LogP contribution in [0, 0.1) is 13.8 Å². The number of aryl methyl sites for hydroxylation is 2. The van der Waals surface area contributed by atoms with Crippen LogP contribution in [0.15, 0.2) is 28.7 Å². The molecule has 2 rings (SSSR count). The largest absolute Gasteiger partial charge is 0.497 e. The first-order valence-corrected chi connectivity index (χ1v) is 7.80. The summed E-state index contributed by atoms with van der Waals surface area (Å²) in [5.41, 5.74) is 2.59. The number of nitrogens with one attached hydrogen (secondary N) is 1. The van der Waals surface area contributed by atoms with E-state index in [9.17, 15) is 0 Å². The van der Waals surface area contributed by atoms with E-state index in [0.717, 1.165) is 23.3 Å². The minimum absolute atomic E-state index is 0.827. The highest BCUT2D eigenvalue weighted by atomic mass is 79.9. The molecule has 0 saturated heterocycles. The molecule has 0 aliphatic heterocycles. The summed E-state index contributed by atoms with van der Waals surface area (Å²) in [4.78, 5) is 2.79. The Bertz CT molecular complexity index is 546. The second-order valence-electron chi connectivity index (χ2n) is 4.51. The molecule has 1 heterocycles. The molecule has 0 unspecified atom stereocenters. The molecule has 0 aliphatic carbocycles. The van der Waals surface area contributed by atoms with Gasteiger partial charge in [-0.1, -0.05) is 15.9 Å². The van der Waals surface area contributed by atoms with Gasteiger partial charge in [-0.2, -0.15) is 0 Å². The minimum atomic E-state index is 0.827. The van der Waals surface area contributed by atoms with E-state index in [1.165, 1.54) is 20.9 Å². The van der Waals surface area contributed by atoms with Crippen LogP contribution in [0.25, 0.3) is 0 Å². The van der Waals surface area contributed by atoms with E-state index in [1.54, 1.807) is 7.11 Å². The molecule has 0 aliphatic rings. The first-order chi connectivity index (χ1) is 9.10. The summed E-state index contributed by atoms with van der Waals surface area (Å²) in [6.07, 6.45) is 0. The number of rotatable bonds is 5. The van der Waals surface area contributed by atoms with E-state index < -0.39 is 0 Å². The van der Waals surface area contributed by atoms with Crippen LogP contribution < -0.4 is 10.1 Å². The number of benzene rings is 1. The molecule has 1 N–H and O–H groups in total. The Labute approximate surface area is 126 Å². The summed E-state index contributed by atoms with van der Waals surface area (Å²) in [5, 5.41) is 3.48. The maximum absolute atomic E-state index is 5.25. The fraction of sp³-hybridized carbons (Fsp3) is 0.333. The fourth-order valence-corrected chi connectivity index (χ4v) is 3.28. The molecule has 0 spiro atoms. The van der Waals surface area contributed by atoms with Gasteiger partial charge in [-0.25, -0.2) is 0 Å². The highest BCUT2D eigenvalue weighted by Crippen LogP contribution is 2.23. The Kier molecular flexibility index (Phi) is 5.02. The minimum Gasteiger partial charge on any atom is -0.497 e. The van der Waals surface area contributed by atoms with Crippen molar-refractivity contribution in [1.82, 2.24) is 5.32 Å².